The third kappa shape index (κ3) is 14.2. The molecule has 2 amide bonds. The maximum atomic E-state index is 15.8. The summed E-state index contributed by atoms with van der Waals surface area (Å²) in [5.41, 5.74) is 1.77. The summed E-state index contributed by atoms with van der Waals surface area (Å²) < 4.78 is 33.8. The van der Waals surface area contributed by atoms with E-state index >= 15 is 4.39 Å². The number of nitrogens with zero attached hydrogens (tertiary/aromatic N) is 2. The van der Waals surface area contributed by atoms with Crippen LogP contribution in [0.25, 0.3) is 0 Å². The first-order chi connectivity index (χ1) is 25.7. The fourth-order valence-corrected chi connectivity index (χ4v) is 6.86. The highest BCUT2D eigenvalue weighted by Gasteiger charge is 2.40. The van der Waals surface area contributed by atoms with Gasteiger partial charge in [0.25, 0.3) is 0 Å². The minimum Gasteiger partial charge on any atom is -0.456 e. The first-order valence-electron chi connectivity index (χ1n) is 19.1. The lowest BCUT2D eigenvalue weighted by molar-refractivity contribution is -0.125. The van der Waals surface area contributed by atoms with Crippen molar-refractivity contribution < 1.29 is 37.5 Å². The monoisotopic (exact) mass is 791 g/mol. The van der Waals surface area contributed by atoms with E-state index in [0.29, 0.717) is 34.6 Å². The van der Waals surface area contributed by atoms with Gasteiger partial charge in [0.1, 0.15) is 22.8 Å². The van der Waals surface area contributed by atoms with Crippen molar-refractivity contribution in [1.82, 2.24) is 4.90 Å². The Kier molecular flexibility index (Phi) is 15.2. The molecule has 0 saturated heterocycles. The molecule has 12 heteroatoms. The van der Waals surface area contributed by atoms with Crippen molar-refractivity contribution in [3.05, 3.63) is 94.8 Å². The van der Waals surface area contributed by atoms with Crippen LogP contribution in [0.4, 0.5) is 20.6 Å². The Morgan fingerprint density at radius 2 is 1.39 bits per heavy atom. The predicted octanol–water partition coefficient (Wildman–Crippen LogP) is 9.88. The summed E-state index contributed by atoms with van der Waals surface area (Å²) in [6, 6.07) is 18.9. The molecule has 0 aromatic heterocycles. The number of anilines is 2. The van der Waals surface area contributed by atoms with Crippen LogP contribution in [0.3, 0.4) is 0 Å². The van der Waals surface area contributed by atoms with E-state index in [9.17, 15) is 19.2 Å². The van der Waals surface area contributed by atoms with Crippen LogP contribution in [0.1, 0.15) is 108 Å². The molecular weight excluding hydrogens is 730 g/mol. The smallest absolute Gasteiger partial charge is 0.410 e. The summed E-state index contributed by atoms with van der Waals surface area (Å²) in [5, 5.41) is 2.76. The third-order valence-electron chi connectivity index (χ3n) is 9.42. The lowest BCUT2D eigenvalue weighted by Gasteiger charge is -2.40. The van der Waals surface area contributed by atoms with Gasteiger partial charge in [-0.15, -0.1) is 0 Å². The molecule has 3 aromatic carbocycles. The molecule has 0 aliphatic carbocycles. The first kappa shape index (κ1) is 45.8. The Hall–Kier alpha value is -4.55. The number of hydrogen-bond donors (Lipinski definition) is 1. The second kappa shape index (κ2) is 18.6. The average molecular weight is 792 g/mol. The molecule has 0 saturated carbocycles. The molecule has 56 heavy (non-hydrogen) atoms. The number of carbonyl (C=O) groups is 4. The molecule has 0 aliphatic rings. The average Bonchev–Trinajstić information content (AvgIpc) is 3.05. The zero-order valence-electron chi connectivity index (χ0n) is 35.6. The molecule has 0 radical (unpaired) electrons. The maximum absolute atomic E-state index is 15.8. The number of halogens is 1. The van der Waals surface area contributed by atoms with E-state index in [1.165, 1.54) is 17.0 Å². The van der Waals surface area contributed by atoms with E-state index < -0.39 is 55.8 Å². The van der Waals surface area contributed by atoms with E-state index in [4.69, 9.17) is 13.9 Å². The fourth-order valence-electron chi connectivity index (χ4n) is 5.55. The van der Waals surface area contributed by atoms with Crippen molar-refractivity contribution in [3.63, 3.8) is 0 Å². The molecule has 10 nitrogen and oxygen atoms in total. The number of Topliss-reactive ketones (excluding diaryl/α,β-unsaturated/α-hetero) is 1. The Balaban J connectivity index is 2.01. The van der Waals surface area contributed by atoms with E-state index in [0.717, 1.165) is 5.56 Å². The van der Waals surface area contributed by atoms with Crippen molar-refractivity contribution in [2.75, 3.05) is 30.9 Å². The van der Waals surface area contributed by atoms with Gasteiger partial charge in [-0.3, -0.25) is 9.59 Å². The van der Waals surface area contributed by atoms with Gasteiger partial charge in [-0.1, -0.05) is 63.2 Å². The SMILES string of the molecule is CN(CCC(O[Si](C)(C)C(C)(C)C)c1cc(F)cc(N(C)Cc2ccccc2)c1NC(=O)CC(=O)Cc1ccc(C(=O)OC(C)(C)C)cc1)C(=O)OC(C)(C)C. The molecule has 1 atom stereocenters. The third-order valence-corrected chi connectivity index (χ3v) is 13.9. The number of rotatable bonds is 15. The maximum Gasteiger partial charge on any atom is 0.410 e. The van der Waals surface area contributed by atoms with Crippen molar-refractivity contribution >= 4 is 43.4 Å². The van der Waals surface area contributed by atoms with Crippen LogP contribution in [0.15, 0.2) is 66.7 Å². The zero-order chi connectivity index (χ0) is 42.2. The van der Waals surface area contributed by atoms with Gasteiger partial charge in [0, 0.05) is 39.2 Å². The molecule has 3 rings (SSSR count). The summed E-state index contributed by atoms with van der Waals surface area (Å²) in [5.74, 6) is -1.91. The van der Waals surface area contributed by atoms with Crippen molar-refractivity contribution in [2.45, 2.75) is 124 Å². The quantitative estimate of drug-likeness (QED) is 0.0920. The van der Waals surface area contributed by atoms with E-state index in [-0.39, 0.29) is 30.2 Å². The highest BCUT2D eigenvalue weighted by molar-refractivity contribution is 6.74. The lowest BCUT2D eigenvalue weighted by Crippen LogP contribution is -2.43. The van der Waals surface area contributed by atoms with Gasteiger partial charge in [-0.25, -0.2) is 14.0 Å². The van der Waals surface area contributed by atoms with Gasteiger partial charge in [-0.05, 0) is 101 Å². The van der Waals surface area contributed by atoms with E-state index in [2.05, 4.69) is 39.2 Å². The van der Waals surface area contributed by atoms with Crippen LogP contribution in [0.5, 0.6) is 0 Å². The number of hydrogen-bond acceptors (Lipinski definition) is 8. The molecule has 306 valence electrons. The molecule has 3 aromatic rings. The van der Waals surface area contributed by atoms with Crippen LogP contribution in [0.2, 0.25) is 18.1 Å². The Morgan fingerprint density at radius 3 is 1.95 bits per heavy atom. The molecule has 0 heterocycles. The summed E-state index contributed by atoms with van der Waals surface area (Å²) >= 11 is 0. The van der Waals surface area contributed by atoms with Gasteiger partial charge >= 0.3 is 12.1 Å². The number of esters is 1. The number of benzene rings is 3. The highest BCUT2D eigenvalue weighted by atomic mass is 28.4. The summed E-state index contributed by atoms with van der Waals surface area (Å²) in [6.45, 7) is 21.9. The van der Waals surface area contributed by atoms with Gasteiger partial charge in [0.15, 0.2) is 8.32 Å². The Labute approximate surface area is 334 Å². The molecule has 0 bridgehead atoms. The number of ether oxygens (including phenoxy) is 2. The second-order valence-electron chi connectivity index (χ2n) is 17.9. The van der Waals surface area contributed by atoms with Crippen LogP contribution in [-0.4, -0.2) is 68.8 Å². The minimum absolute atomic E-state index is 0.0346. The highest BCUT2D eigenvalue weighted by Crippen LogP contribution is 2.44. The standard InChI is InChI=1S/C44H62FN3O7Si/c1-42(2,3)53-40(51)32-21-19-30(20-22-32)25-34(49)28-38(50)46-39-35(26-33(45)27-36(39)48(11)29-31-17-15-14-16-18-31)37(55-56(12,13)44(7,8)9)23-24-47(10)41(52)54-43(4,5)6/h14-22,26-27,37H,23-25,28-29H2,1-13H3,(H,46,50). The zero-order valence-corrected chi connectivity index (χ0v) is 36.6. The molecule has 1 N–H and O–H groups in total. The molecule has 1 unspecified atom stereocenters. The Morgan fingerprint density at radius 1 is 0.804 bits per heavy atom. The van der Waals surface area contributed by atoms with Crippen molar-refractivity contribution in [2.24, 2.45) is 0 Å². The van der Waals surface area contributed by atoms with Crippen LogP contribution >= 0.6 is 0 Å². The second-order valence-corrected chi connectivity index (χ2v) is 22.7. The van der Waals surface area contributed by atoms with Crippen LogP contribution in [-0.2, 0) is 36.5 Å². The first-order valence-corrected chi connectivity index (χ1v) is 22.0. The van der Waals surface area contributed by atoms with E-state index in [1.54, 1.807) is 72.9 Å². The number of nitrogens with one attached hydrogen (secondary N) is 1. The topological polar surface area (TPSA) is 114 Å². The Bertz CT molecular complexity index is 1830. The number of amides is 2. The normalized spacial score (nSPS) is 12.8. The van der Waals surface area contributed by atoms with Crippen molar-refractivity contribution in [1.29, 1.82) is 0 Å². The minimum atomic E-state index is -2.53. The van der Waals surface area contributed by atoms with Gasteiger partial charge in [0.2, 0.25) is 5.91 Å². The molecular formula is C44H62FN3O7Si. The summed E-state index contributed by atoms with van der Waals surface area (Å²) in [6.07, 6.45) is -1.45. The number of carbonyl (C=O) groups excluding carboxylic acids is 4. The van der Waals surface area contributed by atoms with Gasteiger partial charge in [-0.2, -0.15) is 0 Å². The van der Waals surface area contributed by atoms with Crippen LogP contribution in [0, 0.1) is 5.82 Å². The summed E-state index contributed by atoms with van der Waals surface area (Å²) in [4.78, 5) is 55.8. The largest absolute Gasteiger partial charge is 0.456 e. The van der Waals surface area contributed by atoms with Crippen LogP contribution < -0.4 is 10.2 Å². The predicted molar refractivity (Wildman–Crippen MR) is 223 cm³/mol. The molecule has 0 aliphatic heterocycles. The van der Waals surface area contributed by atoms with E-state index in [1.807, 2.05) is 42.3 Å². The van der Waals surface area contributed by atoms with Crippen molar-refractivity contribution in [3.8, 4) is 0 Å². The lowest BCUT2D eigenvalue weighted by atomic mass is 10.0. The molecule has 0 spiro atoms. The molecule has 0 fully saturated rings. The summed E-state index contributed by atoms with van der Waals surface area (Å²) in [7, 11) is 0.920. The van der Waals surface area contributed by atoms with Gasteiger partial charge < -0.3 is 29.0 Å². The van der Waals surface area contributed by atoms with Gasteiger partial charge in [0.05, 0.1) is 29.5 Å². The fraction of sp³-hybridized carbons (Fsp3) is 0.500. The number of ketones is 1.